The van der Waals surface area contributed by atoms with Gasteiger partial charge < -0.3 is 9.13 Å². The highest BCUT2D eigenvalue weighted by Crippen LogP contribution is 2.39. The number of aromatic nitrogens is 2. The number of allylic oxidation sites excluding steroid dienone is 4. The maximum Gasteiger partial charge on any atom is 0.0541 e. The molecule has 0 bridgehead atoms. The van der Waals surface area contributed by atoms with Gasteiger partial charge in [-0.2, -0.15) is 0 Å². The van der Waals surface area contributed by atoms with Gasteiger partial charge in [-0.15, -0.1) is 0 Å². The fraction of sp³-hybridized carbons (Fsp3) is 0.0435. The summed E-state index contributed by atoms with van der Waals surface area (Å²) in [4.78, 5) is 0. The van der Waals surface area contributed by atoms with Gasteiger partial charge in [-0.3, -0.25) is 0 Å². The Balaban J connectivity index is 1.11. The van der Waals surface area contributed by atoms with E-state index >= 15 is 0 Å². The summed E-state index contributed by atoms with van der Waals surface area (Å²) >= 11 is 0. The van der Waals surface area contributed by atoms with Crippen molar-refractivity contribution in [2.75, 3.05) is 0 Å². The van der Waals surface area contributed by atoms with Crippen LogP contribution >= 0.6 is 0 Å². The number of fused-ring (bicyclic) bond motifs is 7. The standard InChI is InChI=1S/C46H32N2/c1-2-10-31(11-3-1)33-18-23-37(24-19-33)47-43-16-8-6-14-39(43)41-29-35(21-26-45(41)47)36-22-27-46-42(30-36)40-15-7-9-17-44(40)48(46)38-25-20-32-12-4-5-13-34(32)28-38/h1-2,4-10,12-30H,3,11H2. The lowest BCUT2D eigenvalue weighted by atomic mass is 9.97. The molecule has 2 aromatic heterocycles. The SMILES string of the molecule is C1=CCCC(c2ccc(-n3c4ccccc4c4cc(-c5ccc6c(c5)c5ccccc5n6-c5ccc6ccccc6c5)ccc43)cc2)=C1. The van der Waals surface area contributed by atoms with Crippen molar-refractivity contribution in [3.05, 3.63) is 175 Å². The third-order valence-corrected chi connectivity index (χ3v) is 10.2. The third-order valence-electron chi connectivity index (χ3n) is 10.2. The third kappa shape index (κ3) is 4.19. The first-order chi connectivity index (χ1) is 23.8. The van der Waals surface area contributed by atoms with E-state index in [2.05, 4.69) is 179 Å². The molecule has 0 unspecified atom stereocenters. The summed E-state index contributed by atoms with van der Waals surface area (Å²) < 4.78 is 4.82. The van der Waals surface area contributed by atoms with Gasteiger partial charge in [0.15, 0.2) is 0 Å². The van der Waals surface area contributed by atoms with Gasteiger partial charge in [0.1, 0.15) is 0 Å². The zero-order valence-corrected chi connectivity index (χ0v) is 26.5. The topological polar surface area (TPSA) is 9.86 Å². The largest absolute Gasteiger partial charge is 0.309 e. The summed E-state index contributed by atoms with van der Waals surface area (Å²) in [5.74, 6) is 0. The number of rotatable bonds is 4. The Hall–Kier alpha value is -6.12. The molecule has 0 amide bonds. The van der Waals surface area contributed by atoms with Gasteiger partial charge in [0.25, 0.3) is 0 Å². The van der Waals surface area contributed by atoms with Crippen molar-refractivity contribution in [2.45, 2.75) is 12.8 Å². The molecule has 48 heavy (non-hydrogen) atoms. The van der Waals surface area contributed by atoms with Gasteiger partial charge in [0, 0.05) is 32.9 Å². The van der Waals surface area contributed by atoms with Gasteiger partial charge in [0.05, 0.1) is 22.1 Å². The van der Waals surface area contributed by atoms with Crippen LogP contribution in [0, 0.1) is 0 Å². The summed E-state index contributed by atoms with van der Waals surface area (Å²) in [6.07, 6.45) is 8.88. The van der Waals surface area contributed by atoms with Gasteiger partial charge >= 0.3 is 0 Å². The van der Waals surface area contributed by atoms with E-state index in [1.165, 1.54) is 88.0 Å². The first kappa shape index (κ1) is 27.0. The number of hydrogen-bond acceptors (Lipinski definition) is 0. The molecule has 0 aliphatic heterocycles. The highest BCUT2D eigenvalue weighted by Gasteiger charge is 2.16. The minimum atomic E-state index is 1.10. The van der Waals surface area contributed by atoms with Crippen LogP contribution in [0.2, 0.25) is 0 Å². The molecule has 7 aromatic carbocycles. The highest BCUT2D eigenvalue weighted by molar-refractivity contribution is 6.12. The lowest BCUT2D eigenvalue weighted by Gasteiger charge is -2.12. The lowest BCUT2D eigenvalue weighted by molar-refractivity contribution is 1.05. The minimum Gasteiger partial charge on any atom is -0.309 e. The summed E-state index contributed by atoms with van der Waals surface area (Å²) in [5.41, 5.74) is 12.4. The Kier molecular flexibility index (Phi) is 6.04. The number of hydrogen-bond donors (Lipinski definition) is 0. The van der Waals surface area contributed by atoms with E-state index in [-0.39, 0.29) is 0 Å². The Labute approximate surface area is 279 Å². The van der Waals surface area contributed by atoms with Crippen molar-refractivity contribution in [1.82, 2.24) is 9.13 Å². The van der Waals surface area contributed by atoms with Gasteiger partial charge in [0.2, 0.25) is 0 Å². The molecule has 0 atom stereocenters. The molecule has 226 valence electrons. The van der Waals surface area contributed by atoms with E-state index in [1.807, 2.05) is 0 Å². The highest BCUT2D eigenvalue weighted by atomic mass is 15.0. The van der Waals surface area contributed by atoms with Crippen LogP contribution in [-0.2, 0) is 0 Å². The van der Waals surface area contributed by atoms with E-state index in [1.54, 1.807) is 0 Å². The Morgan fingerprint density at radius 1 is 0.396 bits per heavy atom. The van der Waals surface area contributed by atoms with Gasteiger partial charge in [-0.1, -0.05) is 109 Å². The average molecular weight is 613 g/mol. The zero-order chi connectivity index (χ0) is 31.6. The second-order valence-corrected chi connectivity index (χ2v) is 12.9. The quantitative estimate of drug-likeness (QED) is 0.187. The van der Waals surface area contributed by atoms with E-state index < -0.39 is 0 Å². The van der Waals surface area contributed by atoms with Crippen LogP contribution in [0.3, 0.4) is 0 Å². The molecule has 1 aliphatic carbocycles. The van der Waals surface area contributed by atoms with E-state index in [4.69, 9.17) is 0 Å². The fourth-order valence-electron chi connectivity index (χ4n) is 7.84. The van der Waals surface area contributed by atoms with Crippen molar-refractivity contribution in [2.24, 2.45) is 0 Å². The molecule has 0 saturated heterocycles. The van der Waals surface area contributed by atoms with Crippen LogP contribution in [0.1, 0.15) is 18.4 Å². The van der Waals surface area contributed by atoms with Crippen molar-refractivity contribution < 1.29 is 0 Å². The summed E-state index contributed by atoms with van der Waals surface area (Å²) in [5, 5.41) is 7.58. The predicted octanol–water partition coefficient (Wildman–Crippen LogP) is 12.4. The molecule has 9 aromatic rings. The van der Waals surface area contributed by atoms with Crippen molar-refractivity contribution in [3.63, 3.8) is 0 Å². The molecule has 1 aliphatic rings. The first-order valence-corrected chi connectivity index (χ1v) is 16.8. The molecular formula is C46H32N2. The maximum absolute atomic E-state index is 2.41. The first-order valence-electron chi connectivity index (χ1n) is 16.8. The van der Waals surface area contributed by atoms with E-state index in [9.17, 15) is 0 Å². The summed E-state index contributed by atoms with van der Waals surface area (Å²) in [7, 11) is 0. The Morgan fingerprint density at radius 2 is 0.938 bits per heavy atom. The lowest BCUT2D eigenvalue weighted by Crippen LogP contribution is -1.95. The van der Waals surface area contributed by atoms with Crippen LogP contribution in [0.5, 0.6) is 0 Å². The second kappa shape index (κ2) is 10.7. The smallest absolute Gasteiger partial charge is 0.0541 e. The molecule has 0 fully saturated rings. The molecule has 10 rings (SSSR count). The molecule has 2 heterocycles. The molecule has 2 heteroatoms. The zero-order valence-electron chi connectivity index (χ0n) is 26.5. The Bertz CT molecular complexity index is 2770. The maximum atomic E-state index is 2.41. The fourth-order valence-corrected chi connectivity index (χ4v) is 7.84. The van der Waals surface area contributed by atoms with Crippen LogP contribution in [-0.4, -0.2) is 9.13 Å². The van der Waals surface area contributed by atoms with Gasteiger partial charge in [-0.05, 0) is 107 Å². The van der Waals surface area contributed by atoms with Crippen LogP contribution in [0.15, 0.2) is 170 Å². The molecular weight excluding hydrogens is 581 g/mol. The molecule has 0 N–H and O–H groups in total. The summed E-state index contributed by atoms with van der Waals surface area (Å²) in [6.45, 7) is 0. The van der Waals surface area contributed by atoms with E-state index in [0.29, 0.717) is 0 Å². The van der Waals surface area contributed by atoms with Crippen LogP contribution in [0.25, 0.3) is 82.5 Å². The Morgan fingerprint density at radius 3 is 1.58 bits per heavy atom. The second-order valence-electron chi connectivity index (χ2n) is 12.9. The van der Waals surface area contributed by atoms with Gasteiger partial charge in [-0.25, -0.2) is 0 Å². The molecule has 2 nitrogen and oxygen atoms in total. The number of benzene rings is 7. The minimum absolute atomic E-state index is 1.10. The van der Waals surface area contributed by atoms with Crippen molar-refractivity contribution >= 4 is 60.0 Å². The molecule has 0 spiro atoms. The normalized spacial score (nSPS) is 13.3. The monoisotopic (exact) mass is 612 g/mol. The molecule has 0 saturated carbocycles. The predicted molar refractivity (Wildman–Crippen MR) is 204 cm³/mol. The van der Waals surface area contributed by atoms with Crippen molar-refractivity contribution in [1.29, 1.82) is 0 Å². The number of nitrogens with zero attached hydrogens (tertiary/aromatic N) is 2. The average Bonchev–Trinajstić information content (AvgIpc) is 3.67. The van der Waals surface area contributed by atoms with Crippen LogP contribution in [0.4, 0.5) is 0 Å². The van der Waals surface area contributed by atoms with E-state index in [0.717, 1.165) is 12.8 Å². The van der Waals surface area contributed by atoms with Crippen LogP contribution < -0.4 is 0 Å². The summed E-state index contributed by atoms with van der Waals surface area (Å²) in [6, 6.07) is 56.0. The van der Waals surface area contributed by atoms with Crippen molar-refractivity contribution in [3.8, 4) is 22.5 Å². The molecule has 0 radical (unpaired) electrons. The number of para-hydroxylation sites is 2.